The van der Waals surface area contributed by atoms with E-state index < -0.39 is 12.2 Å². The molecule has 2 nitrogen and oxygen atoms in total. The highest BCUT2D eigenvalue weighted by molar-refractivity contribution is 9.10. The van der Waals surface area contributed by atoms with E-state index in [4.69, 9.17) is 4.74 Å². The molecule has 1 rings (SSSR count). The molecule has 1 atom stereocenters. The van der Waals surface area contributed by atoms with Crippen LogP contribution in [0, 0.1) is 0 Å². The summed E-state index contributed by atoms with van der Waals surface area (Å²) in [6.07, 6.45) is -4.32. The molecule has 6 heteroatoms. The third-order valence-electron chi connectivity index (χ3n) is 2.21. The highest BCUT2D eigenvalue weighted by Gasteiger charge is 2.39. The maximum Gasteiger partial charge on any atom is 0.407 e. The maximum atomic E-state index is 12.7. The predicted molar refractivity (Wildman–Crippen MR) is 63.2 cm³/mol. The summed E-state index contributed by atoms with van der Waals surface area (Å²) in [7, 11) is 1.28. The summed E-state index contributed by atoms with van der Waals surface area (Å²) < 4.78 is 43.8. The third-order valence-corrected chi connectivity index (χ3v) is 2.82. The molecule has 0 amide bonds. The molecule has 1 unspecified atom stereocenters. The zero-order valence-corrected chi connectivity index (χ0v) is 11.0. The number of rotatable bonds is 4. The van der Waals surface area contributed by atoms with Crippen molar-refractivity contribution in [3.8, 4) is 5.75 Å². The van der Waals surface area contributed by atoms with Gasteiger partial charge >= 0.3 is 6.18 Å². The molecule has 0 aliphatic heterocycles. The molecule has 0 aliphatic rings. The van der Waals surface area contributed by atoms with Crippen LogP contribution in [-0.4, -0.2) is 19.8 Å². The van der Waals surface area contributed by atoms with Crippen molar-refractivity contribution in [1.29, 1.82) is 0 Å². The zero-order chi connectivity index (χ0) is 13.1. The van der Waals surface area contributed by atoms with E-state index in [2.05, 4.69) is 21.2 Å². The first-order chi connectivity index (χ1) is 7.90. The van der Waals surface area contributed by atoms with Gasteiger partial charge in [0.25, 0.3) is 0 Å². The van der Waals surface area contributed by atoms with Crippen LogP contribution in [0.2, 0.25) is 0 Å². The predicted octanol–water partition coefficient (Wildman–Crippen LogP) is 3.67. The lowest BCUT2D eigenvalue weighted by molar-refractivity contribution is -0.156. The van der Waals surface area contributed by atoms with Crippen molar-refractivity contribution < 1.29 is 17.9 Å². The molecule has 96 valence electrons. The van der Waals surface area contributed by atoms with E-state index in [1.165, 1.54) is 25.2 Å². The SMILES string of the molecule is CCOc1ccc(C(NC)C(F)(F)F)cc1Br. The van der Waals surface area contributed by atoms with E-state index in [0.717, 1.165) is 0 Å². The molecular weight excluding hydrogens is 299 g/mol. The molecule has 0 saturated carbocycles. The van der Waals surface area contributed by atoms with Crippen LogP contribution in [0.3, 0.4) is 0 Å². The third kappa shape index (κ3) is 3.61. The summed E-state index contributed by atoms with van der Waals surface area (Å²) in [6, 6.07) is 2.68. The normalized spacial score (nSPS) is 13.5. The van der Waals surface area contributed by atoms with Gasteiger partial charge in [0.05, 0.1) is 11.1 Å². The Morgan fingerprint density at radius 1 is 1.41 bits per heavy atom. The number of hydrogen-bond donors (Lipinski definition) is 1. The van der Waals surface area contributed by atoms with Crippen molar-refractivity contribution >= 4 is 15.9 Å². The molecular formula is C11H13BrF3NO. The van der Waals surface area contributed by atoms with Crippen LogP contribution >= 0.6 is 15.9 Å². The highest BCUT2D eigenvalue weighted by atomic mass is 79.9. The van der Waals surface area contributed by atoms with Crippen molar-refractivity contribution in [3.63, 3.8) is 0 Å². The number of alkyl halides is 3. The summed E-state index contributed by atoms with van der Waals surface area (Å²) in [5.41, 5.74) is 0.148. The number of ether oxygens (including phenoxy) is 1. The summed E-state index contributed by atoms with van der Waals surface area (Å²) in [4.78, 5) is 0. The minimum atomic E-state index is -4.32. The molecule has 0 radical (unpaired) electrons. The second-order valence-corrected chi connectivity index (χ2v) is 4.24. The molecule has 0 aromatic heterocycles. The largest absolute Gasteiger partial charge is 0.493 e. The lowest BCUT2D eigenvalue weighted by Gasteiger charge is -2.20. The van der Waals surface area contributed by atoms with Crippen LogP contribution in [0.5, 0.6) is 5.75 Å². The van der Waals surface area contributed by atoms with Gasteiger partial charge in [-0.1, -0.05) is 6.07 Å². The number of hydrogen-bond acceptors (Lipinski definition) is 2. The van der Waals surface area contributed by atoms with Crippen molar-refractivity contribution in [2.24, 2.45) is 0 Å². The van der Waals surface area contributed by atoms with Crippen molar-refractivity contribution in [2.75, 3.05) is 13.7 Å². The zero-order valence-electron chi connectivity index (χ0n) is 9.44. The van der Waals surface area contributed by atoms with E-state index in [0.29, 0.717) is 16.8 Å². The summed E-state index contributed by atoms with van der Waals surface area (Å²) >= 11 is 3.19. The standard InChI is InChI=1S/C11H13BrF3NO/c1-3-17-9-5-4-7(6-8(9)12)10(16-2)11(13,14)15/h4-6,10,16H,3H2,1-2H3. The molecule has 0 saturated heterocycles. The second kappa shape index (κ2) is 5.73. The van der Waals surface area contributed by atoms with Crippen LogP contribution < -0.4 is 10.1 Å². The van der Waals surface area contributed by atoms with Crippen LogP contribution in [-0.2, 0) is 0 Å². The molecule has 0 heterocycles. The molecule has 0 fully saturated rings. The fourth-order valence-electron chi connectivity index (χ4n) is 1.49. The molecule has 17 heavy (non-hydrogen) atoms. The number of halogens is 4. The number of nitrogens with one attached hydrogen (secondary N) is 1. The van der Waals surface area contributed by atoms with Crippen molar-refractivity contribution in [3.05, 3.63) is 28.2 Å². The lowest BCUT2D eigenvalue weighted by atomic mass is 10.1. The van der Waals surface area contributed by atoms with E-state index >= 15 is 0 Å². The van der Waals surface area contributed by atoms with Gasteiger partial charge in [-0.3, -0.25) is 0 Å². The van der Waals surface area contributed by atoms with Crippen LogP contribution in [0.4, 0.5) is 13.2 Å². The van der Waals surface area contributed by atoms with Gasteiger partial charge in [0.1, 0.15) is 11.8 Å². The summed E-state index contributed by atoms with van der Waals surface area (Å²) in [5, 5.41) is 2.25. The average molecular weight is 312 g/mol. The Morgan fingerprint density at radius 2 is 2.06 bits per heavy atom. The van der Waals surface area contributed by atoms with Gasteiger partial charge in [0.15, 0.2) is 0 Å². The molecule has 1 aromatic rings. The van der Waals surface area contributed by atoms with E-state index in [1.807, 2.05) is 6.92 Å². The minimum Gasteiger partial charge on any atom is -0.493 e. The topological polar surface area (TPSA) is 21.3 Å². The van der Waals surface area contributed by atoms with Crippen molar-refractivity contribution in [2.45, 2.75) is 19.1 Å². The van der Waals surface area contributed by atoms with Gasteiger partial charge in [-0.25, -0.2) is 0 Å². The first-order valence-electron chi connectivity index (χ1n) is 5.06. The molecule has 1 aromatic carbocycles. The molecule has 0 aliphatic carbocycles. The fourth-order valence-corrected chi connectivity index (χ4v) is 2.00. The Hall–Kier alpha value is -0.750. The quantitative estimate of drug-likeness (QED) is 0.916. The van der Waals surface area contributed by atoms with Gasteiger partial charge in [-0.05, 0) is 47.6 Å². The van der Waals surface area contributed by atoms with E-state index in [-0.39, 0.29) is 5.56 Å². The van der Waals surface area contributed by atoms with Crippen LogP contribution in [0.1, 0.15) is 18.5 Å². The summed E-state index contributed by atoms with van der Waals surface area (Å²) in [6.45, 7) is 2.28. The van der Waals surface area contributed by atoms with Crippen LogP contribution in [0.25, 0.3) is 0 Å². The lowest BCUT2D eigenvalue weighted by Crippen LogP contribution is -2.31. The molecule has 0 bridgehead atoms. The smallest absolute Gasteiger partial charge is 0.407 e. The van der Waals surface area contributed by atoms with E-state index in [1.54, 1.807) is 0 Å². The minimum absolute atomic E-state index is 0.148. The Kier molecular flexibility index (Phi) is 4.82. The first-order valence-corrected chi connectivity index (χ1v) is 5.85. The monoisotopic (exact) mass is 311 g/mol. The Morgan fingerprint density at radius 3 is 2.47 bits per heavy atom. The first kappa shape index (κ1) is 14.3. The van der Waals surface area contributed by atoms with Gasteiger partial charge in [-0.2, -0.15) is 13.2 Å². The molecule has 1 N–H and O–H groups in total. The fraction of sp³-hybridized carbons (Fsp3) is 0.455. The number of benzene rings is 1. The Balaban J connectivity index is 3.03. The van der Waals surface area contributed by atoms with Gasteiger partial charge in [0, 0.05) is 0 Å². The van der Waals surface area contributed by atoms with Crippen molar-refractivity contribution in [1.82, 2.24) is 5.32 Å². The highest BCUT2D eigenvalue weighted by Crippen LogP contribution is 2.35. The Labute approximate surface area is 106 Å². The Bertz CT molecular complexity index is 381. The molecule has 0 spiro atoms. The average Bonchev–Trinajstić information content (AvgIpc) is 2.21. The maximum absolute atomic E-state index is 12.7. The van der Waals surface area contributed by atoms with Gasteiger partial charge in [0.2, 0.25) is 0 Å². The van der Waals surface area contributed by atoms with Gasteiger partial charge < -0.3 is 10.1 Å². The van der Waals surface area contributed by atoms with Gasteiger partial charge in [-0.15, -0.1) is 0 Å². The summed E-state index contributed by atoms with van der Waals surface area (Å²) in [5.74, 6) is 0.535. The van der Waals surface area contributed by atoms with E-state index in [9.17, 15) is 13.2 Å². The second-order valence-electron chi connectivity index (χ2n) is 3.39. The van der Waals surface area contributed by atoms with Crippen LogP contribution in [0.15, 0.2) is 22.7 Å².